The SMILES string of the molecule is CCc1cc(N2C[C@@H](F)C[C@H]2CO)nc(-c2ccncc2)n1. The van der Waals surface area contributed by atoms with Gasteiger partial charge in [0.25, 0.3) is 0 Å². The third kappa shape index (κ3) is 2.92. The molecule has 0 aliphatic carbocycles. The number of aliphatic hydroxyl groups excluding tert-OH is 1. The van der Waals surface area contributed by atoms with Gasteiger partial charge in [-0.3, -0.25) is 4.98 Å². The molecule has 6 heteroatoms. The minimum atomic E-state index is -0.929. The van der Waals surface area contributed by atoms with Crippen LogP contribution in [0.15, 0.2) is 30.6 Å². The van der Waals surface area contributed by atoms with E-state index in [-0.39, 0.29) is 19.2 Å². The molecule has 2 aromatic rings. The molecule has 0 aromatic carbocycles. The van der Waals surface area contributed by atoms with Gasteiger partial charge < -0.3 is 10.0 Å². The van der Waals surface area contributed by atoms with Gasteiger partial charge in [0.05, 0.1) is 19.2 Å². The molecule has 1 aliphatic heterocycles. The lowest BCUT2D eigenvalue weighted by molar-refractivity contribution is 0.255. The second-order valence-electron chi connectivity index (χ2n) is 5.45. The van der Waals surface area contributed by atoms with E-state index >= 15 is 0 Å². The summed E-state index contributed by atoms with van der Waals surface area (Å²) < 4.78 is 13.7. The fourth-order valence-corrected chi connectivity index (χ4v) is 2.75. The molecule has 3 heterocycles. The normalized spacial score (nSPS) is 21.3. The van der Waals surface area contributed by atoms with E-state index in [1.54, 1.807) is 12.4 Å². The molecule has 2 atom stereocenters. The molecule has 1 N–H and O–H groups in total. The summed E-state index contributed by atoms with van der Waals surface area (Å²) in [5, 5.41) is 9.47. The minimum Gasteiger partial charge on any atom is -0.394 e. The predicted octanol–water partition coefficient (Wildman–Crippen LogP) is 2.01. The van der Waals surface area contributed by atoms with Gasteiger partial charge >= 0.3 is 0 Å². The Morgan fingerprint density at radius 2 is 2.09 bits per heavy atom. The van der Waals surface area contributed by atoms with Crippen LogP contribution >= 0.6 is 0 Å². The van der Waals surface area contributed by atoms with Gasteiger partial charge in [0.2, 0.25) is 0 Å². The fourth-order valence-electron chi connectivity index (χ4n) is 2.75. The van der Waals surface area contributed by atoms with Crippen LogP contribution in [0.1, 0.15) is 19.0 Å². The molecular formula is C16H19FN4O. The van der Waals surface area contributed by atoms with Crippen molar-refractivity contribution in [3.8, 4) is 11.4 Å². The van der Waals surface area contributed by atoms with Crippen molar-refractivity contribution in [2.24, 2.45) is 0 Å². The number of alkyl halides is 1. The van der Waals surface area contributed by atoms with Crippen LogP contribution in [0.2, 0.25) is 0 Å². The number of pyridine rings is 1. The second-order valence-corrected chi connectivity index (χ2v) is 5.45. The zero-order chi connectivity index (χ0) is 15.5. The molecule has 0 saturated carbocycles. The molecule has 0 spiro atoms. The number of nitrogens with zero attached hydrogens (tertiary/aromatic N) is 4. The summed E-state index contributed by atoms with van der Waals surface area (Å²) in [5.74, 6) is 1.29. The highest BCUT2D eigenvalue weighted by atomic mass is 19.1. The summed E-state index contributed by atoms with van der Waals surface area (Å²) in [6.45, 7) is 2.21. The first-order valence-corrected chi connectivity index (χ1v) is 7.51. The van der Waals surface area contributed by atoms with Crippen LogP contribution in [0.5, 0.6) is 0 Å². The molecule has 0 radical (unpaired) electrons. The lowest BCUT2D eigenvalue weighted by Gasteiger charge is -2.24. The van der Waals surface area contributed by atoms with Crippen molar-refractivity contribution in [1.82, 2.24) is 15.0 Å². The van der Waals surface area contributed by atoms with Crippen molar-refractivity contribution in [2.75, 3.05) is 18.1 Å². The number of hydrogen-bond acceptors (Lipinski definition) is 5. The standard InChI is InChI=1S/C16H19FN4O/c1-2-13-8-15(21-9-12(17)7-14(21)10-22)20-16(19-13)11-3-5-18-6-4-11/h3-6,8,12,14,22H,2,7,9-10H2,1H3/t12-,14-/m0/s1. The van der Waals surface area contributed by atoms with Crippen molar-refractivity contribution in [3.63, 3.8) is 0 Å². The molecule has 3 rings (SSSR count). The van der Waals surface area contributed by atoms with Crippen LogP contribution in [-0.4, -0.2) is 45.4 Å². The van der Waals surface area contributed by atoms with E-state index in [0.717, 1.165) is 17.7 Å². The number of aryl methyl sites for hydroxylation is 1. The molecule has 1 saturated heterocycles. The number of aliphatic hydroxyl groups is 1. The van der Waals surface area contributed by atoms with E-state index in [4.69, 9.17) is 0 Å². The molecule has 2 aromatic heterocycles. The number of halogens is 1. The van der Waals surface area contributed by atoms with E-state index in [0.29, 0.717) is 18.1 Å². The number of anilines is 1. The van der Waals surface area contributed by atoms with E-state index < -0.39 is 6.17 Å². The largest absolute Gasteiger partial charge is 0.394 e. The Labute approximate surface area is 128 Å². The zero-order valence-corrected chi connectivity index (χ0v) is 12.5. The van der Waals surface area contributed by atoms with Gasteiger partial charge in [-0.1, -0.05) is 6.92 Å². The Morgan fingerprint density at radius 1 is 1.32 bits per heavy atom. The lowest BCUT2D eigenvalue weighted by atomic mass is 10.2. The molecule has 22 heavy (non-hydrogen) atoms. The summed E-state index contributed by atoms with van der Waals surface area (Å²) in [6, 6.07) is 5.36. The van der Waals surface area contributed by atoms with Gasteiger partial charge in [-0.25, -0.2) is 14.4 Å². The third-order valence-electron chi connectivity index (χ3n) is 3.93. The quantitative estimate of drug-likeness (QED) is 0.936. The van der Waals surface area contributed by atoms with Gasteiger partial charge in [0.15, 0.2) is 5.82 Å². The van der Waals surface area contributed by atoms with Gasteiger partial charge in [-0.15, -0.1) is 0 Å². The Balaban J connectivity index is 2.01. The molecular weight excluding hydrogens is 283 g/mol. The molecule has 1 fully saturated rings. The van der Waals surface area contributed by atoms with Crippen LogP contribution in [0.25, 0.3) is 11.4 Å². The highest BCUT2D eigenvalue weighted by Gasteiger charge is 2.32. The van der Waals surface area contributed by atoms with Gasteiger partial charge in [0, 0.05) is 36.1 Å². The Hall–Kier alpha value is -2.08. The van der Waals surface area contributed by atoms with Crippen molar-refractivity contribution in [1.29, 1.82) is 0 Å². The van der Waals surface area contributed by atoms with E-state index in [1.165, 1.54) is 0 Å². The monoisotopic (exact) mass is 302 g/mol. The topological polar surface area (TPSA) is 62.1 Å². The summed E-state index contributed by atoms with van der Waals surface area (Å²) >= 11 is 0. The summed E-state index contributed by atoms with van der Waals surface area (Å²) in [7, 11) is 0. The number of aromatic nitrogens is 3. The predicted molar refractivity (Wildman–Crippen MR) is 82.4 cm³/mol. The van der Waals surface area contributed by atoms with E-state index in [2.05, 4.69) is 15.0 Å². The molecule has 116 valence electrons. The Morgan fingerprint density at radius 3 is 2.77 bits per heavy atom. The van der Waals surface area contributed by atoms with Crippen LogP contribution in [0.3, 0.4) is 0 Å². The number of rotatable bonds is 4. The van der Waals surface area contributed by atoms with Crippen molar-refractivity contribution < 1.29 is 9.50 Å². The average Bonchev–Trinajstić information content (AvgIpc) is 2.96. The molecule has 5 nitrogen and oxygen atoms in total. The smallest absolute Gasteiger partial charge is 0.161 e. The average molecular weight is 302 g/mol. The van der Waals surface area contributed by atoms with Crippen LogP contribution in [-0.2, 0) is 6.42 Å². The summed E-state index contributed by atoms with van der Waals surface area (Å²) in [6.07, 6.45) is 3.57. The Bertz CT molecular complexity index is 637. The highest BCUT2D eigenvalue weighted by molar-refractivity contribution is 5.57. The maximum atomic E-state index is 13.7. The van der Waals surface area contributed by atoms with Crippen molar-refractivity contribution in [2.45, 2.75) is 32.0 Å². The van der Waals surface area contributed by atoms with Gasteiger partial charge in [-0.05, 0) is 18.6 Å². The maximum absolute atomic E-state index is 13.7. The minimum absolute atomic E-state index is 0.0729. The molecule has 1 aliphatic rings. The van der Waals surface area contributed by atoms with Crippen molar-refractivity contribution >= 4 is 5.82 Å². The van der Waals surface area contributed by atoms with Crippen LogP contribution < -0.4 is 4.90 Å². The first-order chi connectivity index (χ1) is 10.7. The summed E-state index contributed by atoms with van der Waals surface area (Å²) in [5.41, 5.74) is 1.78. The molecule has 0 unspecified atom stereocenters. The highest BCUT2D eigenvalue weighted by Crippen LogP contribution is 2.28. The zero-order valence-electron chi connectivity index (χ0n) is 12.5. The lowest BCUT2D eigenvalue weighted by Crippen LogP contribution is -2.33. The Kier molecular flexibility index (Phi) is 4.29. The third-order valence-corrected chi connectivity index (χ3v) is 3.93. The molecule has 0 amide bonds. The number of hydrogen-bond donors (Lipinski definition) is 1. The molecule has 0 bridgehead atoms. The maximum Gasteiger partial charge on any atom is 0.161 e. The van der Waals surface area contributed by atoms with Gasteiger partial charge in [0.1, 0.15) is 12.0 Å². The van der Waals surface area contributed by atoms with Crippen molar-refractivity contribution in [3.05, 3.63) is 36.3 Å². The summed E-state index contributed by atoms with van der Waals surface area (Å²) in [4.78, 5) is 15.0. The second kappa shape index (κ2) is 6.36. The van der Waals surface area contributed by atoms with Gasteiger partial charge in [-0.2, -0.15) is 0 Å². The fraction of sp³-hybridized carbons (Fsp3) is 0.438. The first kappa shape index (κ1) is 14.8. The van der Waals surface area contributed by atoms with Crippen LogP contribution in [0, 0.1) is 0 Å². The first-order valence-electron chi connectivity index (χ1n) is 7.51. The van der Waals surface area contributed by atoms with E-state index in [1.807, 2.05) is 30.0 Å². The van der Waals surface area contributed by atoms with Crippen LogP contribution in [0.4, 0.5) is 10.2 Å². The van der Waals surface area contributed by atoms with E-state index in [9.17, 15) is 9.50 Å².